The molecule has 5 rings (SSSR count). The average Bonchev–Trinajstić information content (AvgIpc) is 3.23. The first-order chi connectivity index (χ1) is 17.1. The molecule has 1 unspecified atom stereocenters. The summed E-state index contributed by atoms with van der Waals surface area (Å²) < 4.78 is 2.48. The van der Waals surface area contributed by atoms with Crippen LogP contribution in [0.2, 0.25) is 0 Å². The minimum absolute atomic E-state index is 0.0400. The number of nitrogens with zero attached hydrogens (tertiary/aromatic N) is 1. The normalized spacial score (nSPS) is 22.2. The fraction of sp³-hybridized carbons (Fsp3) is 0.516. The predicted molar refractivity (Wildman–Crippen MR) is 145 cm³/mol. The first-order valence-electron chi connectivity index (χ1n) is 13.8. The van der Waals surface area contributed by atoms with Gasteiger partial charge < -0.3 is 15.6 Å². The van der Waals surface area contributed by atoms with Gasteiger partial charge in [-0.25, -0.2) is 0 Å². The number of carbonyl (C=O) groups is 1. The molecule has 0 saturated heterocycles. The van der Waals surface area contributed by atoms with Crippen LogP contribution in [0.4, 0.5) is 0 Å². The molecule has 0 spiro atoms. The third-order valence-electron chi connectivity index (χ3n) is 8.35. The number of nitrogens with one attached hydrogen (secondary N) is 1. The van der Waals surface area contributed by atoms with Crippen LogP contribution in [-0.4, -0.2) is 22.6 Å². The standard InChI is InChI=1S/C31H41N3O/c1-22-8-7-11-24(18-22)28(19-31(35)33-26-16-14-25(32)15-17-26)29-21-34(20-23-9-3-2-4-10-23)30-13-6-5-12-27(29)30/h5-8,11-13,18,21,23,25-26,28H,2-4,9-10,14-17,19-20,32H2,1H3,(H,33,35). The van der Waals surface area contributed by atoms with E-state index in [0.29, 0.717) is 12.5 Å². The monoisotopic (exact) mass is 471 g/mol. The number of rotatable bonds is 7. The van der Waals surface area contributed by atoms with Crippen molar-refractivity contribution in [2.24, 2.45) is 11.7 Å². The number of aromatic nitrogens is 1. The lowest BCUT2D eigenvalue weighted by atomic mass is 9.86. The van der Waals surface area contributed by atoms with Crippen LogP contribution in [0.1, 0.15) is 86.8 Å². The quantitative estimate of drug-likeness (QED) is 0.417. The van der Waals surface area contributed by atoms with Crippen LogP contribution < -0.4 is 11.1 Å². The lowest BCUT2D eigenvalue weighted by Crippen LogP contribution is -2.40. The second kappa shape index (κ2) is 11.0. The minimum Gasteiger partial charge on any atom is -0.353 e. The Morgan fingerprint density at radius 2 is 1.77 bits per heavy atom. The van der Waals surface area contributed by atoms with Gasteiger partial charge in [-0.15, -0.1) is 0 Å². The minimum atomic E-state index is 0.0400. The van der Waals surface area contributed by atoms with E-state index in [2.05, 4.69) is 71.5 Å². The summed E-state index contributed by atoms with van der Waals surface area (Å²) in [6.07, 6.45) is 13.6. The molecule has 0 aliphatic heterocycles. The van der Waals surface area contributed by atoms with Crippen molar-refractivity contribution in [1.29, 1.82) is 0 Å². The largest absolute Gasteiger partial charge is 0.353 e. The molecule has 2 fully saturated rings. The molecule has 35 heavy (non-hydrogen) atoms. The summed E-state index contributed by atoms with van der Waals surface area (Å²) in [5.74, 6) is 0.949. The summed E-state index contributed by atoms with van der Waals surface area (Å²) in [5, 5.41) is 4.63. The van der Waals surface area contributed by atoms with Crippen molar-refractivity contribution < 1.29 is 4.79 Å². The number of amides is 1. The summed E-state index contributed by atoms with van der Waals surface area (Å²) in [7, 11) is 0. The first-order valence-corrected chi connectivity index (χ1v) is 13.8. The van der Waals surface area contributed by atoms with Crippen LogP contribution in [0.5, 0.6) is 0 Å². The van der Waals surface area contributed by atoms with Crippen molar-refractivity contribution in [2.45, 2.75) is 95.7 Å². The van der Waals surface area contributed by atoms with E-state index in [1.807, 2.05) is 0 Å². The fourth-order valence-electron chi connectivity index (χ4n) is 6.38. The van der Waals surface area contributed by atoms with E-state index in [9.17, 15) is 4.79 Å². The van der Waals surface area contributed by atoms with Crippen LogP contribution in [-0.2, 0) is 11.3 Å². The highest BCUT2D eigenvalue weighted by molar-refractivity contribution is 5.86. The van der Waals surface area contributed by atoms with Gasteiger partial charge in [0.25, 0.3) is 0 Å². The molecule has 186 valence electrons. The summed E-state index contributed by atoms with van der Waals surface area (Å²) in [6.45, 7) is 3.22. The molecule has 1 aromatic heterocycles. The number of hydrogen-bond acceptors (Lipinski definition) is 2. The lowest BCUT2D eigenvalue weighted by Gasteiger charge is -2.27. The Balaban J connectivity index is 1.45. The van der Waals surface area contributed by atoms with Gasteiger partial charge in [-0.05, 0) is 68.6 Å². The predicted octanol–water partition coefficient (Wildman–Crippen LogP) is 6.44. The van der Waals surface area contributed by atoms with Crippen molar-refractivity contribution in [3.05, 3.63) is 71.4 Å². The molecule has 3 aromatic rings. The molecule has 2 aliphatic carbocycles. The van der Waals surface area contributed by atoms with Gasteiger partial charge in [0.15, 0.2) is 0 Å². The molecule has 2 aliphatic rings. The van der Waals surface area contributed by atoms with Crippen LogP contribution in [0.15, 0.2) is 54.7 Å². The number of hydrogen-bond donors (Lipinski definition) is 2. The van der Waals surface area contributed by atoms with Gasteiger partial charge in [-0.1, -0.05) is 67.3 Å². The van der Waals surface area contributed by atoms with Gasteiger partial charge in [0.05, 0.1) is 0 Å². The van der Waals surface area contributed by atoms with Crippen molar-refractivity contribution in [2.75, 3.05) is 0 Å². The Morgan fingerprint density at radius 3 is 2.54 bits per heavy atom. The Bertz CT molecular complexity index is 1140. The number of fused-ring (bicyclic) bond motifs is 1. The Labute approximate surface area is 210 Å². The fourth-order valence-corrected chi connectivity index (χ4v) is 6.38. The van der Waals surface area contributed by atoms with Gasteiger partial charge in [-0.2, -0.15) is 0 Å². The number of nitrogens with two attached hydrogens (primary N) is 1. The maximum Gasteiger partial charge on any atom is 0.221 e. The molecule has 1 atom stereocenters. The molecule has 4 heteroatoms. The summed E-state index contributed by atoms with van der Waals surface area (Å²) in [5.41, 5.74) is 11.1. The molecule has 0 bridgehead atoms. The van der Waals surface area contributed by atoms with E-state index in [-0.39, 0.29) is 17.9 Å². The van der Waals surface area contributed by atoms with E-state index >= 15 is 0 Å². The van der Waals surface area contributed by atoms with Crippen molar-refractivity contribution >= 4 is 16.8 Å². The van der Waals surface area contributed by atoms with Gasteiger partial charge in [0.1, 0.15) is 0 Å². The van der Waals surface area contributed by atoms with Crippen LogP contribution >= 0.6 is 0 Å². The van der Waals surface area contributed by atoms with Crippen LogP contribution in [0.25, 0.3) is 10.9 Å². The summed E-state index contributed by atoms with van der Waals surface area (Å²) in [4.78, 5) is 13.3. The zero-order chi connectivity index (χ0) is 24.2. The Hall–Kier alpha value is -2.59. The van der Waals surface area contributed by atoms with E-state index in [1.54, 1.807) is 0 Å². The molecule has 4 nitrogen and oxygen atoms in total. The van der Waals surface area contributed by atoms with E-state index in [0.717, 1.165) is 38.1 Å². The first kappa shape index (κ1) is 24.1. The summed E-state index contributed by atoms with van der Waals surface area (Å²) >= 11 is 0. The number of carbonyl (C=O) groups excluding carboxylic acids is 1. The molecular formula is C31H41N3O. The van der Waals surface area contributed by atoms with Gasteiger partial charge in [0, 0.05) is 48.1 Å². The van der Waals surface area contributed by atoms with Crippen molar-refractivity contribution in [3.63, 3.8) is 0 Å². The highest BCUT2D eigenvalue weighted by Gasteiger charge is 2.26. The van der Waals surface area contributed by atoms with Crippen LogP contribution in [0.3, 0.4) is 0 Å². The van der Waals surface area contributed by atoms with E-state index < -0.39 is 0 Å². The SMILES string of the molecule is Cc1cccc(C(CC(=O)NC2CCC(N)CC2)c2cn(CC3CCCCC3)c3ccccc23)c1. The van der Waals surface area contributed by atoms with Gasteiger partial charge in [-0.3, -0.25) is 4.79 Å². The molecule has 0 radical (unpaired) electrons. The zero-order valence-corrected chi connectivity index (χ0v) is 21.2. The summed E-state index contributed by atoms with van der Waals surface area (Å²) in [6, 6.07) is 18.0. The second-order valence-electron chi connectivity index (χ2n) is 11.1. The molecule has 2 saturated carbocycles. The molecule has 3 N–H and O–H groups in total. The molecular weight excluding hydrogens is 430 g/mol. The van der Waals surface area contributed by atoms with Gasteiger partial charge >= 0.3 is 0 Å². The maximum absolute atomic E-state index is 13.3. The maximum atomic E-state index is 13.3. The zero-order valence-electron chi connectivity index (χ0n) is 21.2. The van der Waals surface area contributed by atoms with E-state index in [1.165, 1.54) is 59.7 Å². The van der Waals surface area contributed by atoms with Crippen LogP contribution in [0, 0.1) is 12.8 Å². The number of benzene rings is 2. The van der Waals surface area contributed by atoms with Crippen molar-refractivity contribution in [1.82, 2.24) is 9.88 Å². The molecule has 2 aromatic carbocycles. The number of aryl methyl sites for hydroxylation is 1. The topological polar surface area (TPSA) is 60.1 Å². The van der Waals surface area contributed by atoms with Gasteiger partial charge in [0.2, 0.25) is 5.91 Å². The molecule has 1 heterocycles. The highest BCUT2D eigenvalue weighted by Crippen LogP contribution is 2.36. The lowest BCUT2D eigenvalue weighted by molar-refractivity contribution is -0.122. The Morgan fingerprint density at radius 1 is 1.00 bits per heavy atom. The molecule has 1 amide bonds. The van der Waals surface area contributed by atoms with E-state index in [4.69, 9.17) is 5.73 Å². The number of para-hydroxylation sites is 1. The smallest absolute Gasteiger partial charge is 0.221 e. The third-order valence-corrected chi connectivity index (χ3v) is 8.35. The average molecular weight is 472 g/mol. The second-order valence-corrected chi connectivity index (χ2v) is 11.1. The Kier molecular flexibility index (Phi) is 7.57. The highest BCUT2D eigenvalue weighted by atomic mass is 16.1. The third kappa shape index (κ3) is 5.81. The van der Waals surface area contributed by atoms with Crippen molar-refractivity contribution in [3.8, 4) is 0 Å².